The quantitative estimate of drug-likeness (QED) is 0.680. The number of benzene rings is 2. The molecular formula is C16H15ClN2O. The summed E-state index contributed by atoms with van der Waals surface area (Å²) in [5, 5.41) is 5.64. The predicted molar refractivity (Wildman–Crippen MR) is 81.0 cm³/mol. The summed E-state index contributed by atoms with van der Waals surface area (Å²) in [5.41, 5.74) is 3.15. The van der Waals surface area contributed by atoms with Gasteiger partial charge in [-0.3, -0.25) is 4.68 Å². The van der Waals surface area contributed by atoms with Crippen LogP contribution >= 0.6 is 11.6 Å². The van der Waals surface area contributed by atoms with Gasteiger partial charge in [0.05, 0.1) is 5.52 Å². The van der Waals surface area contributed by atoms with Gasteiger partial charge in [0, 0.05) is 18.3 Å². The fraction of sp³-hybridized carbons (Fsp3) is 0.188. The van der Waals surface area contributed by atoms with Crippen molar-refractivity contribution >= 4 is 22.5 Å². The van der Waals surface area contributed by atoms with Gasteiger partial charge in [-0.1, -0.05) is 30.3 Å². The molecule has 0 saturated carbocycles. The van der Waals surface area contributed by atoms with Gasteiger partial charge in [0.1, 0.15) is 18.1 Å². The third-order valence-corrected chi connectivity index (χ3v) is 3.60. The summed E-state index contributed by atoms with van der Waals surface area (Å²) in [7, 11) is 1.95. The first-order chi connectivity index (χ1) is 9.78. The predicted octanol–water partition coefficient (Wildman–Crippen LogP) is 3.89. The Morgan fingerprint density at radius 1 is 1.10 bits per heavy atom. The lowest BCUT2D eigenvalue weighted by Crippen LogP contribution is -1.98. The Balaban J connectivity index is 1.79. The van der Waals surface area contributed by atoms with Crippen LogP contribution in [-0.4, -0.2) is 9.78 Å². The average molecular weight is 287 g/mol. The summed E-state index contributed by atoms with van der Waals surface area (Å²) >= 11 is 5.77. The van der Waals surface area contributed by atoms with Gasteiger partial charge in [-0.15, -0.1) is 11.6 Å². The molecule has 2 aromatic carbocycles. The van der Waals surface area contributed by atoms with Crippen LogP contribution in [0.1, 0.15) is 11.3 Å². The molecule has 0 amide bonds. The molecule has 0 saturated heterocycles. The zero-order chi connectivity index (χ0) is 13.9. The number of alkyl halides is 1. The van der Waals surface area contributed by atoms with E-state index in [1.54, 1.807) is 0 Å². The molecule has 1 aromatic heterocycles. The highest BCUT2D eigenvalue weighted by atomic mass is 35.5. The molecule has 0 spiro atoms. The van der Waals surface area contributed by atoms with Gasteiger partial charge >= 0.3 is 0 Å². The van der Waals surface area contributed by atoms with Crippen LogP contribution in [0.4, 0.5) is 0 Å². The van der Waals surface area contributed by atoms with Gasteiger partial charge in [-0.05, 0) is 23.8 Å². The van der Waals surface area contributed by atoms with Crippen molar-refractivity contribution in [2.24, 2.45) is 7.05 Å². The summed E-state index contributed by atoms with van der Waals surface area (Å²) in [5.74, 6) is 1.35. The van der Waals surface area contributed by atoms with Gasteiger partial charge in [0.15, 0.2) is 0 Å². The van der Waals surface area contributed by atoms with E-state index in [9.17, 15) is 0 Å². The van der Waals surface area contributed by atoms with E-state index in [1.807, 2.05) is 48.1 Å². The van der Waals surface area contributed by atoms with E-state index < -0.39 is 0 Å². The van der Waals surface area contributed by atoms with Gasteiger partial charge in [-0.2, -0.15) is 5.10 Å². The van der Waals surface area contributed by atoms with E-state index in [2.05, 4.69) is 17.2 Å². The van der Waals surface area contributed by atoms with Gasteiger partial charge in [-0.25, -0.2) is 0 Å². The maximum Gasteiger partial charge on any atom is 0.133 e. The fourth-order valence-corrected chi connectivity index (χ4v) is 2.40. The minimum atomic E-state index is 0.460. The Labute approximate surface area is 122 Å². The molecule has 4 heteroatoms. The van der Waals surface area contributed by atoms with Crippen molar-refractivity contribution in [2.45, 2.75) is 12.5 Å². The monoisotopic (exact) mass is 286 g/mol. The minimum absolute atomic E-state index is 0.460. The molecule has 3 nitrogen and oxygen atoms in total. The van der Waals surface area contributed by atoms with E-state index in [-0.39, 0.29) is 0 Å². The number of aromatic nitrogens is 2. The molecule has 3 aromatic rings. The van der Waals surface area contributed by atoms with Crippen molar-refractivity contribution in [3.8, 4) is 5.75 Å². The van der Waals surface area contributed by atoms with E-state index >= 15 is 0 Å². The highest BCUT2D eigenvalue weighted by Gasteiger charge is 2.08. The molecule has 0 fully saturated rings. The van der Waals surface area contributed by atoms with Crippen LogP contribution in [0.2, 0.25) is 0 Å². The number of para-hydroxylation sites is 1. The molecule has 20 heavy (non-hydrogen) atoms. The molecule has 0 radical (unpaired) electrons. The fourth-order valence-electron chi connectivity index (χ4n) is 2.22. The molecule has 1 heterocycles. The lowest BCUT2D eigenvalue weighted by atomic mass is 10.2. The van der Waals surface area contributed by atoms with Crippen molar-refractivity contribution in [1.82, 2.24) is 9.78 Å². The molecule has 3 rings (SSSR count). The standard InChI is InChI=1S/C16H15ClN2O/c1-19-16-5-3-2-4-14(16)15(18-19)11-20-13-8-6-12(10-17)7-9-13/h2-9H,10-11H2,1H3. The average Bonchev–Trinajstić information content (AvgIpc) is 2.83. The largest absolute Gasteiger partial charge is 0.487 e. The number of hydrogen-bond donors (Lipinski definition) is 0. The van der Waals surface area contributed by atoms with Crippen LogP contribution in [-0.2, 0) is 19.5 Å². The Bertz CT molecular complexity index is 719. The van der Waals surface area contributed by atoms with Gasteiger partial charge in [0.2, 0.25) is 0 Å². The molecule has 0 N–H and O–H groups in total. The summed E-state index contributed by atoms with van der Waals surface area (Å²) < 4.78 is 7.67. The first kappa shape index (κ1) is 13.0. The normalized spacial score (nSPS) is 10.9. The van der Waals surface area contributed by atoms with Crippen molar-refractivity contribution in [1.29, 1.82) is 0 Å². The van der Waals surface area contributed by atoms with Gasteiger partial charge < -0.3 is 4.74 Å². The zero-order valence-corrected chi connectivity index (χ0v) is 12.0. The molecule has 0 aliphatic heterocycles. The number of halogens is 1. The second kappa shape index (κ2) is 5.55. The second-order valence-electron chi connectivity index (χ2n) is 4.65. The molecule has 0 bridgehead atoms. The van der Waals surface area contributed by atoms with E-state index in [0.29, 0.717) is 12.5 Å². The van der Waals surface area contributed by atoms with Crippen LogP contribution in [0.5, 0.6) is 5.75 Å². The number of ether oxygens (including phenoxy) is 1. The molecule has 0 aliphatic rings. The molecule has 0 aliphatic carbocycles. The Hall–Kier alpha value is -2.00. The van der Waals surface area contributed by atoms with Crippen LogP contribution in [0, 0.1) is 0 Å². The highest BCUT2D eigenvalue weighted by molar-refractivity contribution is 6.17. The Morgan fingerprint density at radius 3 is 2.60 bits per heavy atom. The van der Waals surface area contributed by atoms with Crippen LogP contribution in [0.15, 0.2) is 48.5 Å². The topological polar surface area (TPSA) is 27.1 Å². The summed E-state index contributed by atoms with van der Waals surface area (Å²) in [4.78, 5) is 0. The van der Waals surface area contributed by atoms with Crippen LogP contribution in [0.3, 0.4) is 0 Å². The maximum atomic E-state index is 5.79. The highest BCUT2D eigenvalue weighted by Crippen LogP contribution is 2.20. The molecule has 102 valence electrons. The van der Waals surface area contributed by atoms with Gasteiger partial charge in [0.25, 0.3) is 0 Å². The van der Waals surface area contributed by atoms with Crippen molar-refractivity contribution in [3.05, 3.63) is 59.8 Å². The number of hydrogen-bond acceptors (Lipinski definition) is 2. The Morgan fingerprint density at radius 2 is 1.85 bits per heavy atom. The molecular weight excluding hydrogens is 272 g/mol. The minimum Gasteiger partial charge on any atom is -0.487 e. The zero-order valence-electron chi connectivity index (χ0n) is 11.2. The lowest BCUT2D eigenvalue weighted by molar-refractivity contribution is 0.301. The summed E-state index contributed by atoms with van der Waals surface area (Å²) in [6.45, 7) is 0.460. The van der Waals surface area contributed by atoms with Crippen molar-refractivity contribution < 1.29 is 4.74 Å². The van der Waals surface area contributed by atoms with E-state index in [0.717, 1.165) is 27.9 Å². The van der Waals surface area contributed by atoms with E-state index in [4.69, 9.17) is 16.3 Å². The third kappa shape index (κ3) is 2.49. The number of rotatable bonds is 4. The number of nitrogens with zero attached hydrogens (tertiary/aromatic N) is 2. The SMILES string of the molecule is Cn1nc(COc2ccc(CCl)cc2)c2ccccc21. The first-order valence-corrected chi connectivity index (χ1v) is 6.99. The maximum absolute atomic E-state index is 5.79. The number of aryl methyl sites for hydroxylation is 1. The molecule has 0 unspecified atom stereocenters. The summed E-state index contributed by atoms with van der Waals surface area (Å²) in [6, 6.07) is 16.0. The third-order valence-electron chi connectivity index (χ3n) is 3.29. The van der Waals surface area contributed by atoms with E-state index in [1.165, 1.54) is 0 Å². The van der Waals surface area contributed by atoms with Crippen LogP contribution in [0.25, 0.3) is 10.9 Å². The van der Waals surface area contributed by atoms with Crippen LogP contribution < -0.4 is 4.74 Å². The van der Waals surface area contributed by atoms with Crippen molar-refractivity contribution in [2.75, 3.05) is 0 Å². The lowest BCUT2D eigenvalue weighted by Gasteiger charge is -2.05. The second-order valence-corrected chi connectivity index (χ2v) is 4.92. The Kier molecular flexibility index (Phi) is 3.61. The smallest absolute Gasteiger partial charge is 0.133 e. The summed E-state index contributed by atoms with van der Waals surface area (Å²) in [6.07, 6.45) is 0. The van der Waals surface area contributed by atoms with Crippen molar-refractivity contribution in [3.63, 3.8) is 0 Å². The number of fused-ring (bicyclic) bond motifs is 1. The molecule has 0 atom stereocenters. The first-order valence-electron chi connectivity index (χ1n) is 6.46.